The van der Waals surface area contributed by atoms with Gasteiger partial charge in [0.25, 0.3) is 0 Å². The molecular weight excluding hydrogens is 410 g/mol. The summed E-state index contributed by atoms with van der Waals surface area (Å²) in [7, 11) is 1.45. The highest BCUT2D eigenvalue weighted by Crippen LogP contribution is 2.34. The van der Waals surface area contributed by atoms with E-state index in [2.05, 4.69) is 11.0 Å². The van der Waals surface area contributed by atoms with Crippen molar-refractivity contribution in [2.45, 2.75) is 38.8 Å². The largest absolute Gasteiger partial charge is 0.490 e. The molecule has 0 bridgehead atoms. The van der Waals surface area contributed by atoms with Gasteiger partial charge in [-0.1, -0.05) is 12.1 Å². The van der Waals surface area contributed by atoms with Gasteiger partial charge in [0, 0.05) is 25.7 Å². The highest BCUT2D eigenvalue weighted by molar-refractivity contribution is 5.48. The molecule has 8 heteroatoms. The van der Waals surface area contributed by atoms with Gasteiger partial charge in [0.2, 0.25) is 6.79 Å². The van der Waals surface area contributed by atoms with Gasteiger partial charge in [0.15, 0.2) is 17.2 Å². The third kappa shape index (κ3) is 5.31. The highest BCUT2D eigenvalue weighted by atomic mass is 16.7. The highest BCUT2D eigenvalue weighted by Gasteiger charge is 2.24. The zero-order valence-electron chi connectivity index (χ0n) is 18.5. The van der Waals surface area contributed by atoms with E-state index in [4.69, 9.17) is 19.9 Å². The molecule has 0 unspecified atom stereocenters. The molecule has 1 heterocycles. The van der Waals surface area contributed by atoms with Crippen LogP contribution in [0.5, 0.6) is 17.2 Å². The smallest absolute Gasteiger partial charge is 0.311 e. The zero-order valence-corrected chi connectivity index (χ0v) is 18.5. The van der Waals surface area contributed by atoms with Crippen LogP contribution in [0, 0.1) is 22.0 Å². The molecule has 32 heavy (non-hydrogen) atoms. The van der Waals surface area contributed by atoms with E-state index in [1.165, 1.54) is 32.8 Å². The summed E-state index contributed by atoms with van der Waals surface area (Å²) in [4.78, 5) is 13.5. The average molecular weight is 442 g/mol. The Morgan fingerprint density at radius 2 is 1.69 bits per heavy atom. The maximum atomic E-state index is 11.5. The topological polar surface area (TPSA) is 100 Å². The lowest BCUT2D eigenvalue weighted by Crippen LogP contribution is -2.32. The maximum Gasteiger partial charge on any atom is 0.311 e. The molecule has 8 nitrogen and oxygen atoms in total. The molecular formula is C24H31N3O5. The Hall–Kier alpha value is -2.84. The minimum absolute atomic E-state index is 0.00326. The van der Waals surface area contributed by atoms with Crippen molar-refractivity contribution in [1.82, 2.24) is 4.90 Å². The van der Waals surface area contributed by atoms with E-state index in [1.807, 2.05) is 18.2 Å². The first kappa shape index (κ1) is 22.4. The quantitative estimate of drug-likeness (QED) is 0.462. The fraction of sp³-hybridized carbons (Fsp3) is 0.500. The summed E-state index contributed by atoms with van der Waals surface area (Å²) in [5.74, 6) is 3.05. The van der Waals surface area contributed by atoms with E-state index in [9.17, 15) is 10.1 Å². The molecule has 2 aromatic carbocycles. The summed E-state index contributed by atoms with van der Waals surface area (Å²) in [6.45, 7) is 3.31. The Morgan fingerprint density at radius 1 is 1.03 bits per heavy atom. The van der Waals surface area contributed by atoms with Crippen molar-refractivity contribution in [2.24, 2.45) is 17.6 Å². The number of nitrogens with two attached hydrogens (primary N) is 1. The molecule has 0 atom stereocenters. The van der Waals surface area contributed by atoms with Crippen LogP contribution < -0.4 is 19.9 Å². The lowest BCUT2D eigenvalue weighted by atomic mass is 9.82. The third-order valence-corrected chi connectivity index (χ3v) is 6.51. The number of nitro groups is 1. The first-order valence-corrected chi connectivity index (χ1v) is 11.2. The summed E-state index contributed by atoms with van der Waals surface area (Å²) >= 11 is 0. The second kappa shape index (κ2) is 10.2. The van der Waals surface area contributed by atoms with Crippen molar-refractivity contribution >= 4 is 5.69 Å². The van der Waals surface area contributed by atoms with Gasteiger partial charge in [-0.25, -0.2) is 0 Å². The molecule has 1 aliphatic carbocycles. The van der Waals surface area contributed by atoms with Crippen LogP contribution in [0.25, 0.3) is 0 Å². The monoisotopic (exact) mass is 441 g/mol. The van der Waals surface area contributed by atoms with Gasteiger partial charge in [0.1, 0.15) is 0 Å². The second-order valence-corrected chi connectivity index (χ2v) is 8.74. The zero-order chi connectivity index (χ0) is 22.5. The molecule has 1 fully saturated rings. The predicted molar refractivity (Wildman–Crippen MR) is 121 cm³/mol. The number of rotatable bonds is 9. The molecule has 0 saturated heterocycles. The molecule has 0 radical (unpaired) electrons. The third-order valence-electron chi connectivity index (χ3n) is 6.51. The minimum atomic E-state index is -0.390. The number of methoxy groups -OCH3 is 1. The molecule has 2 N–H and O–H groups in total. The second-order valence-electron chi connectivity index (χ2n) is 8.74. The fourth-order valence-electron chi connectivity index (χ4n) is 4.73. The molecule has 172 valence electrons. The van der Waals surface area contributed by atoms with Crippen molar-refractivity contribution in [1.29, 1.82) is 0 Å². The van der Waals surface area contributed by atoms with E-state index >= 15 is 0 Å². The minimum Gasteiger partial charge on any atom is -0.490 e. The van der Waals surface area contributed by atoms with E-state index in [0.29, 0.717) is 18.4 Å². The summed E-state index contributed by atoms with van der Waals surface area (Å²) in [6.07, 6.45) is 4.69. The SMILES string of the molecule is COc1ccc(CN(Cc2ccc3c(c2)OCO3)CC2CCC(CN)CC2)cc1[N+](=O)[O-]. The number of ether oxygens (including phenoxy) is 3. The van der Waals surface area contributed by atoms with Gasteiger partial charge >= 0.3 is 5.69 Å². The summed E-state index contributed by atoms with van der Waals surface area (Å²) < 4.78 is 16.1. The molecule has 1 aliphatic heterocycles. The maximum absolute atomic E-state index is 11.5. The van der Waals surface area contributed by atoms with Gasteiger partial charge < -0.3 is 19.9 Å². The van der Waals surface area contributed by atoms with Crippen LogP contribution in [0.1, 0.15) is 36.8 Å². The Morgan fingerprint density at radius 3 is 2.38 bits per heavy atom. The van der Waals surface area contributed by atoms with Crippen molar-refractivity contribution < 1.29 is 19.1 Å². The van der Waals surface area contributed by atoms with E-state index in [1.54, 1.807) is 12.1 Å². The molecule has 4 rings (SSSR count). The van der Waals surface area contributed by atoms with Crippen LogP contribution in [-0.2, 0) is 13.1 Å². The Labute approximate surface area is 188 Å². The van der Waals surface area contributed by atoms with Crippen molar-refractivity contribution in [3.63, 3.8) is 0 Å². The standard InChI is InChI=1S/C24H31N3O5/c1-30-22-8-6-19(10-21(22)27(28)29)14-26(13-18-4-2-17(12-25)3-5-18)15-20-7-9-23-24(11-20)32-16-31-23/h6-11,17-18H,2-5,12-16,25H2,1H3. The normalized spacial score (nSPS) is 19.8. The number of hydrogen-bond donors (Lipinski definition) is 1. The van der Waals surface area contributed by atoms with Crippen LogP contribution >= 0.6 is 0 Å². The number of nitrogens with zero attached hydrogens (tertiary/aromatic N) is 2. The molecule has 2 aliphatic rings. The van der Waals surface area contributed by atoms with Crippen molar-refractivity contribution in [3.05, 3.63) is 57.6 Å². The summed E-state index contributed by atoms with van der Waals surface area (Å²) in [5.41, 5.74) is 7.89. The number of benzene rings is 2. The van der Waals surface area contributed by atoms with Gasteiger partial charge in [-0.15, -0.1) is 0 Å². The Bertz CT molecular complexity index is 943. The summed E-state index contributed by atoms with van der Waals surface area (Å²) in [6, 6.07) is 11.2. The number of nitro benzene ring substituents is 1. The van der Waals surface area contributed by atoms with Crippen LogP contribution in [0.15, 0.2) is 36.4 Å². The number of fused-ring (bicyclic) bond motifs is 1. The summed E-state index contributed by atoms with van der Waals surface area (Å²) in [5, 5.41) is 11.5. The van der Waals surface area contributed by atoms with Gasteiger partial charge in [-0.05, 0) is 73.4 Å². The van der Waals surface area contributed by atoms with Crippen LogP contribution in [0.4, 0.5) is 5.69 Å². The van der Waals surface area contributed by atoms with Crippen LogP contribution in [-0.4, -0.2) is 36.8 Å². The van der Waals surface area contributed by atoms with E-state index in [-0.39, 0.29) is 18.2 Å². The first-order chi connectivity index (χ1) is 15.6. The van der Waals surface area contributed by atoms with Gasteiger partial charge in [-0.2, -0.15) is 0 Å². The Balaban J connectivity index is 1.52. The lowest BCUT2D eigenvalue weighted by molar-refractivity contribution is -0.385. The molecule has 0 aromatic heterocycles. The Kier molecular flexibility index (Phi) is 7.12. The van der Waals surface area contributed by atoms with Crippen molar-refractivity contribution in [2.75, 3.05) is 27.0 Å². The van der Waals surface area contributed by atoms with Crippen LogP contribution in [0.2, 0.25) is 0 Å². The van der Waals surface area contributed by atoms with Crippen LogP contribution in [0.3, 0.4) is 0 Å². The molecule has 0 spiro atoms. The first-order valence-electron chi connectivity index (χ1n) is 11.2. The average Bonchev–Trinajstić information content (AvgIpc) is 3.27. The van der Waals surface area contributed by atoms with Gasteiger partial charge in [0.05, 0.1) is 12.0 Å². The molecule has 0 amide bonds. The lowest BCUT2D eigenvalue weighted by Gasteiger charge is -2.32. The van der Waals surface area contributed by atoms with Crippen molar-refractivity contribution in [3.8, 4) is 17.2 Å². The molecule has 2 aromatic rings. The number of hydrogen-bond acceptors (Lipinski definition) is 7. The molecule has 1 saturated carbocycles. The fourth-order valence-corrected chi connectivity index (χ4v) is 4.73. The predicted octanol–water partition coefficient (Wildman–Crippen LogP) is 4.10. The van der Waals surface area contributed by atoms with E-state index < -0.39 is 4.92 Å². The van der Waals surface area contributed by atoms with Gasteiger partial charge in [-0.3, -0.25) is 15.0 Å². The van der Waals surface area contributed by atoms with E-state index in [0.717, 1.165) is 42.3 Å².